The number of hydrogen-bond donors (Lipinski definition) is 0. The molecule has 0 fully saturated rings. The van der Waals surface area contributed by atoms with Crippen molar-refractivity contribution in [2.24, 2.45) is 0 Å². The zero-order valence-corrected chi connectivity index (χ0v) is 15.9. The fourth-order valence-electron chi connectivity index (χ4n) is 3.02. The Morgan fingerprint density at radius 2 is 1.58 bits per heavy atom. The van der Waals surface area contributed by atoms with Crippen LogP contribution in [0.25, 0.3) is 0 Å². The van der Waals surface area contributed by atoms with Crippen LogP contribution in [-0.4, -0.2) is 19.2 Å². The Morgan fingerprint density at radius 3 is 2.23 bits per heavy atom. The van der Waals surface area contributed by atoms with E-state index in [1.54, 1.807) is 0 Å². The lowest BCUT2D eigenvalue weighted by Crippen LogP contribution is -2.11. The minimum atomic E-state index is -0.169. The summed E-state index contributed by atoms with van der Waals surface area (Å²) in [5.74, 6) is 0.708. The van der Waals surface area contributed by atoms with E-state index < -0.39 is 0 Å². The molecule has 0 saturated carbocycles. The van der Waals surface area contributed by atoms with E-state index in [-0.39, 0.29) is 11.9 Å². The number of hydrogen-bond acceptors (Lipinski definition) is 3. The van der Waals surface area contributed by atoms with Crippen molar-refractivity contribution in [1.82, 2.24) is 0 Å². The normalized spacial score (nSPS) is 11.8. The summed E-state index contributed by atoms with van der Waals surface area (Å²) in [7, 11) is 0. The highest BCUT2D eigenvalue weighted by Crippen LogP contribution is 2.29. The summed E-state index contributed by atoms with van der Waals surface area (Å²) in [6.07, 6.45) is 5.13. The van der Waals surface area contributed by atoms with Gasteiger partial charge in [-0.1, -0.05) is 68.7 Å². The second-order valence-electron chi connectivity index (χ2n) is 6.45. The van der Waals surface area contributed by atoms with Gasteiger partial charge in [0, 0.05) is 5.92 Å². The van der Waals surface area contributed by atoms with Gasteiger partial charge in [0.2, 0.25) is 0 Å². The van der Waals surface area contributed by atoms with E-state index in [0.717, 1.165) is 29.9 Å². The molecule has 26 heavy (non-hydrogen) atoms. The van der Waals surface area contributed by atoms with Crippen molar-refractivity contribution < 1.29 is 14.3 Å². The lowest BCUT2D eigenvalue weighted by Gasteiger charge is -2.18. The summed E-state index contributed by atoms with van der Waals surface area (Å²) >= 11 is 0. The first-order valence-electron chi connectivity index (χ1n) is 9.68. The predicted molar refractivity (Wildman–Crippen MR) is 106 cm³/mol. The molecule has 0 aliphatic rings. The third-order valence-corrected chi connectivity index (χ3v) is 4.43. The fourth-order valence-corrected chi connectivity index (χ4v) is 3.02. The molecule has 1 atom stereocenters. The van der Waals surface area contributed by atoms with Crippen LogP contribution in [0, 0.1) is 0 Å². The molecule has 3 heteroatoms. The fraction of sp³-hybridized carbons (Fsp3) is 0.435. The van der Waals surface area contributed by atoms with Crippen molar-refractivity contribution in [2.45, 2.75) is 51.9 Å². The Balaban J connectivity index is 2.04. The molecule has 0 radical (unpaired) electrons. The molecule has 0 bridgehead atoms. The standard InChI is InChI=1S/C23H30O3/c1-3-5-6-10-17-26-21-15-13-20(14-16-21)22(18-23(24)25-4-2)19-11-8-7-9-12-19/h7-9,11-16,22H,3-6,10,17-18H2,1-2H3. The largest absolute Gasteiger partial charge is 0.494 e. The van der Waals surface area contributed by atoms with Crippen LogP contribution in [0.15, 0.2) is 54.6 Å². The van der Waals surface area contributed by atoms with Crippen LogP contribution in [-0.2, 0) is 9.53 Å². The summed E-state index contributed by atoms with van der Waals surface area (Å²) in [5.41, 5.74) is 2.22. The molecule has 2 aromatic rings. The Morgan fingerprint density at radius 1 is 0.885 bits per heavy atom. The Labute approximate surface area is 157 Å². The van der Waals surface area contributed by atoms with Crippen molar-refractivity contribution in [2.75, 3.05) is 13.2 Å². The highest BCUT2D eigenvalue weighted by Gasteiger charge is 2.19. The first-order valence-corrected chi connectivity index (χ1v) is 9.68. The Hall–Kier alpha value is -2.29. The highest BCUT2D eigenvalue weighted by atomic mass is 16.5. The van der Waals surface area contributed by atoms with Gasteiger partial charge in [0.05, 0.1) is 19.6 Å². The van der Waals surface area contributed by atoms with E-state index in [1.165, 1.54) is 19.3 Å². The molecule has 2 rings (SSSR count). The molecule has 0 heterocycles. The van der Waals surface area contributed by atoms with E-state index in [1.807, 2.05) is 37.3 Å². The van der Waals surface area contributed by atoms with Crippen molar-refractivity contribution in [3.05, 3.63) is 65.7 Å². The molecule has 0 amide bonds. The maximum Gasteiger partial charge on any atom is 0.306 e. The van der Waals surface area contributed by atoms with Gasteiger partial charge in [0.15, 0.2) is 0 Å². The van der Waals surface area contributed by atoms with Gasteiger partial charge >= 0.3 is 5.97 Å². The van der Waals surface area contributed by atoms with Gasteiger partial charge in [-0.05, 0) is 36.6 Å². The average Bonchev–Trinajstić information content (AvgIpc) is 2.67. The monoisotopic (exact) mass is 354 g/mol. The van der Waals surface area contributed by atoms with Gasteiger partial charge < -0.3 is 9.47 Å². The summed E-state index contributed by atoms with van der Waals surface area (Å²) in [6, 6.07) is 18.2. The van der Waals surface area contributed by atoms with Gasteiger partial charge in [0.1, 0.15) is 5.75 Å². The molecule has 1 unspecified atom stereocenters. The third-order valence-electron chi connectivity index (χ3n) is 4.43. The summed E-state index contributed by atoms with van der Waals surface area (Å²) < 4.78 is 11.0. The smallest absolute Gasteiger partial charge is 0.306 e. The molecule has 0 aliphatic heterocycles. The topological polar surface area (TPSA) is 35.5 Å². The van der Waals surface area contributed by atoms with Crippen molar-refractivity contribution in [3.63, 3.8) is 0 Å². The van der Waals surface area contributed by atoms with Gasteiger partial charge in [0.25, 0.3) is 0 Å². The molecule has 0 aliphatic carbocycles. The van der Waals surface area contributed by atoms with Crippen molar-refractivity contribution in [1.29, 1.82) is 0 Å². The van der Waals surface area contributed by atoms with Crippen LogP contribution < -0.4 is 4.74 Å². The number of carbonyl (C=O) groups excluding carboxylic acids is 1. The van der Waals surface area contributed by atoms with E-state index in [4.69, 9.17) is 9.47 Å². The number of ether oxygens (including phenoxy) is 2. The molecule has 2 aromatic carbocycles. The Kier molecular flexibility index (Phi) is 8.74. The summed E-state index contributed by atoms with van der Waals surface area (Å²) in [5, 5.41) is 0. The van der Waals surface area contributed by atoms with Gasteiger partial charge in [-0.15, -0.1) is 0 Å². The SMILES string of the molecule is CCCCCCOc1ccc(C(CC(=O)OCC)c2ccccc2)cc1. The number of esters is 1. The minimum Gasteiger partial charge on any atom is -0.494 e. The first-order chi connectivity index (χ1) is 12.7. The van der Waals surface area contributed by atoms with Crippen LogP contribution in [0.4, 0.5) is 0 Å². The number of unbranched alkanes of at least 4 members (excludes halogenated alkanes) is 3. The summed E-state index contributed by atoms with van der Waals surface area (Å²) in [6.45, 7) is 5.20. The number of carbonyl (C=O) groups is 1. The van der Waals surface area contributed by atoms with Crippen LogP contribution in [0.3, 0.4) is 0 Å². The molecule has 0 spiro atoms. The van der Waals surface area contributed by atoms with E-state index >= 15 is 0 Å². The van der Waals surface area contributed by atoms with Crippen molar-refractivity contribution >= 4 is 5.97 Å². The second kappa shape index (κ2) is 11.3. The number of rotatable bonds is 11. The van der Waals surface area contributed by atoms with E-state index in [9.17, 15) is 4.79 Å². The minimum absolute atomic E-state index is 0.00569. The quantitative estimate of drug-likeness (QED) is 0.382. The van der Waals surface area contributed by atoms with Crippen LogP contribution >= 0.6 is 0 Å². The zero-order chi connectivity index (χ0) is 18.6. The van der Waals surface area contributed by atoms with Gasteiger partial charge in [-0.2, -0.15) is 0 Å². The molecule has 0 aromatic heterocycles. The molecule has 140 valence electrons. The first kappa shape index (κ1) is 20.0. The third kappa shape index (κ3) is 6.55. The zero-order valence-electron chi connectivity index (χ0n) is 15.9. The average molecular weight is 354 g/mol. The van der Waals surface area contributed by atoms with E-state index in [0.29, 0.717) is 13.0 Å². The van der Waals surface area contributed by atoms with Crippen LogP contribution in [0.2, 0.25) is 0 Å². The maximum absolute atomic E-state index is 12.0. The molecule has 0 N–H and O–H groups in total. The molecule has 0 saturated heterocycles. The van der Waals surface area contributed by atoms with Gasteiger partial charge in [-0.3, -0.25) is 4.79 Å². The summed E-state index contributed by atoms with van der Waals surface area (Å²) in [4.78, 5) is 12.0. The predicted octanol–water partition coefficient (Wildman–Crippen LogP) is 5.73. The van der Waals surface area contributed by atoms with Crippen molar-refractivity contribution in [3.8, 4) is 5.75 Å². The molecular formula is C23H30O3. The lowest BCUT2D eigenvalue weighted by molar-refractivity contribution is -0.143. The molecular weight excluding hydrogens is 324 g/mol. The highest BCUT2D eigenvalue weighted by molar-refractivity contribution is 5.71. The number of benzene rings is 2. The van der Waals surface area contributed by atoms with E-state index in [2.05, 4.69) is 31.2 Å². The molecule has 3 nitrogen and oxygen atoms in total. The second-order valence-corrected chi connectivity index (χ2v) is 6.45. The Bertz CT molecular complexity index is 634. The lowest BCUT2D eigenvalue weighted by atomic mass is 9.88. The van der Waals surface area contributed by atoms with Crippen LogP contribution in [0.5, 0.6) is 5.75 Å². The van der Waals surface area contributed by atoms with Gasteiger partial charge in [-0.25, -0.2) is 0 Å². The maximum atomic E-state index is 12.0. The van der Waals surface area contributed by atoms with Crippen LogP contribution in [0.1, 0.15) is 63.0 Å².